The highest BCUT2D eigenvalue weighted by Gasteiger charge is 2.25. The van der Waals surface area contributed by atoms with Crippen molar-refractivity contribution in [1.29, 1.82) is 0 Å². The smallest absolute Gasteiger partial charge is 0.278 e. The van der Waals surface area contributed by atoms with E-state index in [1.807, 2.05) is 26.0 Å². The third-order valence-electron chi connectivity index (χ3n) is 5.93. The molecule has 7 nitrogen and oxygen atoms in total. The van der Waals surface area contributed by atoms with Gasteiger partial charge in [-0.05, 0) is 61.9 Å². The van der Waals surface area contributed by atoms with Crippen LogP contribution in [0.1, 0.15) is 38.3 Å². The molecule has 0 aliphatic rings. The molecule has 0 saturated heterocycles. The molecule has 2 N–H and O–H groups in total. The molecule has 1 atom stereocenters. The largest absolute Gasteiger partial charge is 0.325 e. The number of hydrogen-bond acceptors (Lipinski definition) is 4. The van der Waals surface area contributed by atoms with Gasteiger partial charge >= 0.3 is 0 Å². The van der Waals surface area contributed by atoms with Crippen molar-refractivity contribution in [2.24, 2.45) is 0 Å². The Morgan fingerprint density at radius 2 is 1.72 bits per heavy atom. The molecule has 184 valence electrons. The minimum atomic E-state index is -0.854. The summed E-state index contributed by atoms with van der Waals surface area (Å²) in [7, 11) is 0. The summed E-state index contributed by atoms with van der Waals surface area (Å²) in [5.74, 6) is -1.01. The summed E-state index contributed by atoms with van der Waals surface area (Å²) in [4.78, 5) is 44.1. The maximum Gasteiger partial charge on any atom is 0.278 e. The molecule has 0 aliphatic heterocycles. The normalized spacial score (nSPS) is 11.8. The van der Waals surface area contributed by atoms with Crippen LogP contribution in [0.3, 0.4) is 0 Å². The van der Waals surface area contributed by atoms with Crippen molar-refractivity contribution in [2.75, 3.05) is 10.6 Å². The maximum atomic E-state index is 14.0. The molecule has 0 spiro atoms. The molecule has 2 amide bonds. The Labute approximate surface area is 208 Å². The maximum absolute atomic E-state index is 14.0. The first-order chi connectivity index (χ1) is 17.3. The third-order valence-corrected chi connectivity index (χ3v) is 5.93. The monoisotopic (exact) mass is 486 g/mol. The summed E-state index contributed by atoms with van der Waals surface area (Å²) < 4.78 is 14.8. The molecule has 4 aromatic rings. The average molecular weight is 487 g/mol. The van der Waals surface area contributed by atoms with Gasteiger partial charge in [0.15, 0.2) is 0 Å². The molecule has 8 heteroatoms. The van der Waals surface area contributed by atoms with Crippen molar-refractivity contribution in [3.05, 3.63) is 88.5 Å². The summed E-state index contributed by atoms with van der Waals surface area (Å²) >= 11 is 0. The molecule has 0 bridgehead atoms. The molecule has 3 aromatic carbocycles. The molecule has 0 saturated carbocycles. The molecule has 0 unspecified atom stereocenters. The fourth-order valence-electron chi connectivity index (χ4n) is 4.08. The van der Waals surface area contributed by atoms with Crippen LogP contribution in [0.4, 0.5) is 15.8 Å². The molecular weight excluding hydrogens is 459 g/mol. The third kappa shape index (κ3) is 5.02. The van der Waals surface area contributed by atoms with Crippen LogP contribution in [0.5, 0.6) is 0 Å². The zero-order valence-electron chi connectivity index (χ0n) is 20.3. The predicted octanol–water partition coefficient (Wildman–Crippen LogP) is 5.45. The summed E-state index contributed by atoms with van der Waals surface area (Å²) in [6.45, 7) is 5.45. The zero-order chi connectivity index (χ0) is 25.8. The quantitative estimate of drug-likeness (QED) is 0.363. The Bertz CT molecular complexity index is 1500. The van der Waals surface area contributed by atoms with E-state index in [1.165, 1.54) is 28.8 Å². The first-order valence-corrected chi connectivity index (χ1v) is 11.8. The van der Waals surface area contributed by atoms with Gasteiger partial charge in [0.25, 0.3) is 5.56 Å². The number of anilines is 2. The topological polar surface area (TPSA) is 93.1 Å². The van der Waals surface area contributed by atoms with E-state index in [-0.39, 0.29) is 18.0 Å². The van der Waals surface area contributed by atoms with E-state index in [0.29, 0.717) is 34.4 Å². The van der Waals surface area contributed by atoms with Gasteiger partial charge in [0.05, 0.1) is 16.7 Å². The van der Waals surface area contributed by atoms with Gasteiger partial charge in [-0.25, -0.2) is 9.37 Å². The lowest BCUT2D eigenvalue weighted by molar-refractivity contribution is -0.119. The Kier molecular flexibility index (Phi) is 7.24. The number of halogens is 1. The molecule has 0 radical (unpaired) electrons. The number of hydrogen-bond donors (Lipinski definition) is 2. The Morgan fingerprint density at radius 3 is 2.42 bits per heavy atom. The van der Waals surface area contributed by atoms with Crippen LogP contribution in [0.2, 0.25) is 0 Å². The first-order valence-electron chi connectivity index (χ1n) is 11.8. The summed E-state index contributed by atoms with van der Waals surface area (Å²) in [6, 6.07) is 17.1. The Hall–Kier alpha value is -4.33. The van der Waals surface area contributed by atoms with E-state index in [9.17, 15) is 18.8 Å². The van der Waals surface area contributed by atoms with Crippen molar-refractivity contribution in [2.45, 2.75) is 39.7 Å². The fourth-order valence-corrected chi connectivity index (χ4v) is 4.08. The highest BCUT2D eigenvalue weighted by atomic mass is 19.1. The Balaban J connectivity index is 1.89. The van der Waals surface area contributed by atoms with Crippen LogP contribution in [0.25, 0.3) is 22.3 Å². The second kappa shape index (κ2) is 10.5. The minimum absolute atomic E-state index is 0.136. The summed E-state index contributed by atoms with van der Waals surface area (Å²) in [6.07, 6.45) is 0.609. The molecule has 1 heterocycles. The fraction of sp³-hybridized carbons (Fsp3) is 0.214. The van der Waals surface area contributed by atoms with E-state index in [2.05, 4.69) is 15.6 Å². The van der Waals surface area contributed by atoms with E-state index >= 15 is 0 Å². The lowest BCUT2D eigenvalue weighted by Gasteiger charge is -2.21. The second-order valence-electron chi connectivity index (χ2n) is 8.50. The number of nitrogens with one attached hydrogen (secondary N) is 2. The van der Waals surface area contributed by atoms with Gasteiger partial charge in [-0.15, -0.1) is 0 Å². The van der Waals surface area contributed by atoms with Crippen LogP contribution < -0.4 is 16.2 Å². The van der Waals surface area contributed by atoms with Crippen LogP contribution in [-0.4, -0.2) is 21.4 Å². The first kappa shape index (κ1) is 24.8. The number of rotatable bonds is 7. The van der Waals surface area contributed by atoms with E-state index < -0.39 is 23.3 Å². The Morgan fingerprint density at radius 1 is 1.00 bits per heavy atom. The minimum Gasteiger partial charge on any atom is -0.325 e. The highest BCUT2D eigenvalue weighted by Crippen LogP contribution is 2.29. The number of fused-ring (bicyclic) bond motifs is 1. The SMILES string of the molecule is CCC(=O)Nc1ccc(C)cc1-c1nc2ccccc2n([C@@H](CC)C(=O)Nc2ccc(F)cc2)c1=O. The predicted molar refractivity (Wildman–Crippen MR) is 139 cm³/mol. The van der Waals surface area contributed by atoms with Crippen molar-refractivity contribution < 1.29 is 14.0 Å². The van der Waals surface area contributed by atoms with Gasteiger partial charge in [-0.2, -0.15) is 0 Å². The molecule has 1 aromatic heterocycles. The van der Waals surface area contributed by atoms with Crippen molar-refractivity contribution in [3.8, 4) is 11.3 Å². The number of amides is 2. The van der Waals surface area contributed by atoms with Crippen molar-refractivity contribution in [3.63, 3.8) is 0 Å². The van der Waals surface area contributed by atoms with Gasteiger partial charge in [0.1, 0.15) is 17.6 Å². The lowest BCUT2D eigenvalue weighted by atomic mass is 10.0. The number of aryl methyl sites for hydroxylation is 1. The molecule has 4 rings (SSSR count). The van der Waals surface area contributed by atoms with Crippen molar-refractivity contribution in [1.82, 2.24) is 9.55 Å². The van der Waals surface area contributed by atoms with Crippen molar-refractivity contribution >= 4 is 34.2 Å². The van der Waals surface area contributed by atoms with Crippen LogP contribution in [0, 0.1) is 12.7 Å². The number of para-hydroxylation sites is 2. The summed E-state index contributed by atoms with van der Waals surface area (Å²) in [5.41, 5.74) is 3.01. The number of benzene rings is 3. The lowest BCUT2D eigenvalue weighted by Crippen LogP contribution is -2.34. The van der Waals surface area contributed by atoms with Gasteiger partial charge in [-0.1, -0.05) is 37.6 Å². The van der Waals surface area contributed by atoms with Gasteiger partial charge in [0.2, 0.25) is 11.8 Å². The van der Waals surface area contributed by atoms with E-state index in [1.54, 1.807) is 37.3 Å². The van der Waals surface area contributed by atoms with Crippen LogP contribution in [-0.2, 0) is 9.59 Å². The van der Waals surface area contributed by atoms with Crippen LogP contribution in [0.15, 0.2) is 71.5 Å². The standard InChI is InChI=1S/C28H27FN4O3/c1-4-23(27(35)30-19-13-11-18(29)12-14-19)33-24-9-7-6-8-22(24)32-26(28(33)36)20-16-17(3)10-15-21(20)31-25(34)5-2/h6-16,23H,4-5H2,1-3H3,(H,30,35)(H,31,34)/t23-/m0/s1. The molecule has 0 aliphatic carbocycles. The van der Waals surface area contributed by atoms with E-state index in [4.69, 9.17) is 0 Å². The van der Waals surface area contributed by atoms with E-state index in [0.717, 1.165) is 5.56 Å². The molecule has 36 heavy (non-hydrogen) atoms. The number of carbonyl (C=O) groups is 2. The van der Waals surface area contributed by atoms with Crippen LogP contribution >= 0.6 is 0 Å². The number of nitrogens with zero attached hydrogens (tertiary/aromatic N) is 2. The van der Waals surface area contributed by atoms with Gasteiger partial charge in [-0.3, -0.25) is 19.0 Å². The second-order valence-corrected chi connectivity index (χ2v) is 8.50. The average Bonchev–Trinajstić information content (AvgIpc) is 2.88. The van der Waals surface area contributed by atoms with Gasteiger partial charge in [0, 0.05) is 17.7 Å². The molecular formula is C28H27FN4O3. The zero-order valence-corrected chi connectivity index (χ0v) is 20.3. The summed E-state index contributed by atoms with van der Waals surface area (Å²) in [5, 5.41) is 5.63. The van der Waals surface area contributed by atoms with Gasteiger partial charge < -0.3 is 10.6 Å². The highest BCUT2D eigenvalue weighted by molar-refractivity contribution is 5.96. The number of carbonyl (C=O) groups excluding carboxylic acids is 2. The number of aromatic nitrogens is 2. The molecule has 0 fully saturated rings.